The summed E-state index contributed by atoms with van der Waals surface area (Å²) in [5.41, 5.74) is 2.72. The van der Waals surface area contributed by atoms with Gasteiger partial charge in [-0.3, -0.25) is 9.59 Å². The summed E-state index contributed by atoms with van der Waals surface area (Å²) in [7, 11) is 0. The fourth-order valence-electron chi connectivity index (χ4n) is 3.23. The molecule has 0 radical (unpaired) electrons. The SMILES string of the molecule is CCOC(=O)c1ccnc(NC(=O)c2ccc(-c3cc(=O)c4cc(C)ccc4o3)cc2)c1. The molecule has 0 bridgehead atoms. The van der Waals surface area contributed by atoms with Crippen LogP contribution in [-0.4, -0.2) is 23.5 Å². The van der Waals surface area contributed by atoms with Gasteiger partial charge in [0.15, 0.2) is 5.43 Å². The molecule has 0 saturated heterocycles. The maximum Gasteiger partial charge on any atom is 0.338 e. The first-order valence-corrected chi connectivity index (χ1v) is 10.0. The minimum Gasteiger partial charge on any atom is -0.462 e. The van der Waals surface area contributed by atoms with E-state index in [0.29, 0.717) is 33.4 Å². The summed E-state index contributed by atoms with van der Waals surface area (Å²) >= 11 is 0. The number of ether oxygens (including phenoxy) is 1. The minimum atomic E-state index is -0.484. The van der Waals surface area contributed by atoms with E-state index in [1.165, 1.54) is 24.4 Å². The highest BCUT2D eigenvalue weighted by Crippen LogP contribution is 2.23. The largest absolute Gasteiger partial charge is 0.462 e. The van der Waals surface area contributed by atoms with E-state index in [4.69, 9.17) is 9.15 Å². The monoisotopic (exact) mass is 428 g/mol. The molecule has 0 saturated carbocycles. The van der Waals surface area contributed by atoms with Gasteiger partial charge in [-0.1, -0.05) is 23.8 Å². The Bertz CT molecular complexity index is 1370. The number of amides is 1. The van der Waals surface area contributed by atoms with Crippen LogP contribution in [0.1, 0.15) is 33.2 Å². The molecule has 2 aromatic carbocycles. The quantitative estimate of drug-likeness (QED) is 0.467. The van der Waals surface area contributed by atoms with Gasteiger partial charge in [0.05, 0.1) is 17.6 Å². The lowest BCUT2D eigenvalue weighted by atomic mass is 10.1. The number of anilines is 1. The number of fused-ring (bicyclic) bond motifs is 1. The number of carbonyl (C=O) groups excluding carboxylic acids is 2. The van der Waals surface area contributed by atoms with Gasteiger partial charge in [0, 0.05) is 23.4 Å². The molecular weight excluding hydrogens is 408 g/mol. The second-order valence-electron chi connectivity index (χ2n) is 7.16. The Hall–Kier alpha value is -4.26. The highest BCUT2D eigenvalue weighted by Gasteiger charge is 2.12. The van der Waals surface area contributed by atoms with Crippen LogP contribution in [0, 0.1) is 6.92 Å². The van der Waals surface area contributed by atoms with Crippen LogP contribution < -0.4 is 10.7 Å². The first-order chi connectivity index (χ1) is 15.4. The molecule has 4 aromatic rings. The Morgan fingerprint density at radius 1 is 1.00 bits per heavy atom. The van der Waals surface area contributed by atoms with E-state index in [-0.39, 0.29) is 23.8 Å². The molecule has 1 N–H and O–H groups in total. The van der Waals surface area contributed by atoms with Crippen molar-refractivity contribution in [2.24, 2.45) is 0 Å². The fraction of sp³-hybridized carbons (Fsp3) is 0.120. The van der Waals surface area contributed by atoms with E-state index in [0.717, 1.165) is 5.56 Å². The number of aromatic nitrogens is 1. The van der Waals surface area contributed by atoms with Crippen molar-refractivity contribution in [3.63, 3.8) is 0 Å². The maximum absolute atomic E-state index is 12.6. The molecule has 1 amide bonds. The maximum atomic E-state index is 12.6. The number of esters is 1. The third kappa shape index (κ3) is 4.41. The van der Waals surface area contributed by atoms with Crippen molar-refractivity contribution >= 4 is 28.7 Å². The highest BCUT2D eigenvalue weighted by atomic mass is 16.5. The van der Waals surface area contributed by atoms with Gasteiger partial charge in [0.25, 0.3) is 5.91 Å². The zero-order valence-corrected chi connectivity index (χ0v) is 17.5. The van der Waals surface area contributed by atoms with Crippen molar-refractivity contribution in [3.8, 4) is 11.3 Å². The number of aryl methyl sites for hydroxylation is 1. The average Bonchev–Trinajstić information content (AvgIpc) is 2.80. The van der Waals surface area contributed by atoms with Crippen molar-refractivity contribution in [1.82, 2.24) is 4.98 Å². The van der Waals surface area contributed by atoms with Crippen LogP contribution in [0.5, 0.6) is 0 Å². The van der Waals surface area contributed by atoms with Gasteiger partial charge < -0.3 is 14.5 Å². The number of nitrogens with zero attached hydrogens (tertiary/aromatic N) is 1. The number of hydrogen-bond donors (Lipinski definition) is 1. The Morgan fingerprint density at radius 2 is 1.78 bits per heavy atom. The second-order valence-corrected chi connectivity index (χ2v) is 7.16. The van der Waals surface area contributed by atoms with Gasteiger partial charge >= 0.3 is 5.97 Å². The number of nitrogens with one attached hydrogen (secondary N) is 1. The normalized spacial score (nSPS) is 10.7. The molecule has 32 heavy (non-hydrogen) atoms. The minimum absolute atomic E-state index is 0.126. The Labute approximate surface area is 183 Å². The third-order valence-corrected chi connectivity index (χ3v) is 4.83. The molecule has 2 heterocycles. The summed E-state index contributed by atoms with van der Waals surface area (Å²) in [6.45, 7) is 3.89. The van der Waals surface area contributed by atoms with Crippen LogP contribution in [0.25, 0.3) is 22.3 Å². The molecule has 160 valence electrons. The molecule has 0 spiro atoms. The van der Waals surface area contributed by atoms with E-state index >= 15 is 0 Å². The average molecular weight is 428 g/mol. The van der Waals surface area contributed by atoms with Crippen LogP contribution in [0.4, 0.5) is 5.82 Å². The summed E-state index contributed by atoms with van der Waals surface area (Å²) in [6.07, 6.45) is 1.42. The molecule has 0 aliphatic heterocycles. The molecule has 0 unspecified atom stereocenters. The zero-order chi connectivity index (χ0) is 22.7. The number of rotatable bonds is 5. The summed E-state index contributed by atoms with van der Waals surface area (Å²) < 4.78 is 10.8. The Balaban J connectivity index is 1.54. The summed E-state index contributed by atoms with van der Waals surface area (Å²) in [6, 6.07) is 16.5. The zero-order valence-electron chi connectivity index (χ0n) is 17.5. The van der Waals surface area contributed by atoms with Crippen LogP contribution in [0.3, 0.4) is 0 Å². The van der Waals surface area contributed by atoms with E-state index in [1.54, 1.807) is 43.3 Å². The molecule has 0 aliphatic rings. The number of carbonyl (C=O) groups is 2. The van der Waals surface area contributed by atoms with E-state index in [2.05, 4.69) is 10.3 Å². The van der Waals surface area contributed by atoms with Gasteiger partial charge in [-0.2, -0.15) is 0 Å². The fourth-order valence-corrected chi connectivity index (χ4v) is 3.23. The van der Waals surface area contributed by atoms with Crippen molar-refractivity contribution in [2.45, 2.75) is 13.8 Å². The predicted octanol–water partition coefficient (Wildman–Crippen LogP) is 4.59. The number of benzene rings is 2. The summed E-state index contributed by atoms with van der Waals surface area (Å²) in [5.74, 6) is -0.218. The van der Waals surface area contributed by atoms with E-state index < -0.39 is 5.97 Å². The Morgan fingerprint density at radius 3 is 2.53 bits per heavy atom. The lowest BCUT2D eigenvalue weighted by Crippen LogP contribution is -2.14. The van der Waals surface area contributed by atoms with Gasteiger partial charge in [-0.25, -0.2) is 9.78 Å². The molecule has 7 nitrogen and oxygen atoms in total. The summed E-state index contributed by atoms with van der Waals surface area (Å²) in [4.78, 5) is 41.0. The van der Waals surface area contributed by atoms with Gasteiger partial charge in [-0.05, 0) is 50.2 Å². The van der Waals surface area contributed by atoms with Crippen molar-refractivity contribution in [3.05, 3.63) is 93.8 Å². The second kappa shape index (κ2) is 8.85. The van der Waals surface area contributed by atoms with Crippen LogP contribution in [-0.2, 0) is 4.74 Å². The first-order valence-electron chi connectivity index (χ1n) is 10.0. The first kappa shape index (κ1) is 21.0. The smallest absolute Gasteiger partial charge is 0.338 e. The predicted molar refractivity (Wildman–Crippen MR) is 121 cm³/mol. The molecule has 0 atom stereocenters. The molecule has 0 aliphatic carbocycles. The van der Waals surface area contributed by atoms with E-state index in [9.17, 15) is 14.4 Å². The summed E-state index contributed by atoms with van der Waals surface area (Å²) in [5, 5.41) is 3.19. The van der Waals surface area contributed by atoms with E-state index in [1.807, 2.05) is 13.0 Å². The van der Waals surface area contributed by atoms with Gasteiger partial charge in [0.1, 0.15) is 17.2 Å². The lowest BCUT2D eigenvalue weighted by Gasteiger charge is -2.08. The molecule has 2 aromatic heterocycles. The lowest BCUT2D eigenvalue weighted by molar-refractivity contribution is 0.0526. The third-order valence-electron chi connectivity index (χ3n) is 4.83. The van der Waals surface area contributed by atoms with Gasteiger partial charge in [-0.15, -0.1) is 0 Å². The molecule has 4 rings (SSSR count). The van der Waals surface area contributed by atoms with Gasteiger partial charge in [0.2, 0.25) is 0 Å². The van der Waals surface area contributed by atoms with Crippen LogP contribution >= 0.6 is 0 Å². The molecular formula is C25H20N2O5. The number of hydrogen-bond acceptors (Lipinski definition) is 6. The standard InChI is InChI=1S/C25H20N2O5/c1-3-31-25(30)18-10-11-26-23(13-18)27-24(29)17-7-5-16(6-8-17)22-14-20(28)19-12-15(2)4-9-21(19)32-22/h4-14H,3H2,1-2H3,(H,26,27,29). The highest BCUT2D eigenvalue weighted by molar-refractivity contribution is 6.04. The van der Waals surface area contributed by atoms with Crippen LogP contribution in [0.15, 0.2) is 76.1 Å². The van der Waals surface area contributed by atoms with Crippen molar-refractivity contribution in [2.75, 3.05) is 11.9 Å². The molecule has 7 heteroatoms. The molecule has 0 fully saturated rings. The number of pyridine rings is 1. The topological polar surface area (TPSA) is 98.5 Å². The van der Waals surface area contributed by atoms with Crippen molar-refractivity contribution in [1.29, 1.82) is 0 Å². The van der Waals surface area contributed by atoms with Crippen molar-refractivity contribution < 1.29 is 18.7 Å². The van der Waals surface area contributed by atoms with Crippen LogP contribution in [0.2, 0.25) is 0 Å². The Kier molecular flexibility index (Phi) is 5.81.